The molecule has 0 aliphatic carbocycles. The normalized spacial score (nSPS) is 14.2. The number of hydrogen-bond acceptors (Lipinski definition) is 6. The number of esters is 1. The average molecular weight is 474 g/mol. The molecule has 2 heterocycles. The van der Waals surface area contributed by atoms with Crippen molar-refractivity contribution in [3.05, 3.63) is 78.1 Å². The Morgan fingerprint density at radius 1 is 1.14 bits per heavy atom. The zero-order valence-electron chi connectivity index (χ0n) is 20.8. The third-order valence-corrected chi connectivity index (χ3v) is 6.31. The Kier molecular flexibility index (Phi) is 8.74. The Bertz CT molecular complexity index is 1160. The Labute approximate surface area is 208 Å². The van der Waals surface area contributed by atoms with Crippen molar-refractivity contribution in [3.63, 3.8) is 0 Å². The molecule has 0 amide bonds. The van der Waals surface area contributed by atoms with Gasteiger partial charge in [0.25, 0.3) is 0 Å². The van der Waals surface area contributed by atoms with Crippen LogP contribution in [0.4, 0.5) is 5.69 Å². The summed E-state index contributed by atoms with van der Waals surface area (Å²) < 4.78 is 11.3. The van der Waals surface area contributed by atoms with Gasteiger partial charge < -0.3 is 14.4 Å². The number of carbonyl (C=O) groups excluding carboxylic acids is 1. The van der Waals surface area contributed by atoms with Gasteiger partial charge in [-0.3, -0.25) is 14.7 Å². The molecule has 1 saturated heterocycles. The predicted molar refractivity (Wildman–Crippen MR) is 141 cm³/mol. The molecule has 0 unspecified atom stereocenters. The first-order valence-corrected chi connectivity index (χ1v) is 12.4. The summed E-state index contributed by atoms with van der Waals surface area (Å²) in [5, 5.41) is 2.41. The SMILES string of the molecule is C/C=C\CCCC(=O)OCCOc1cc(CN2CCN(c3cccc4cnccc34)C2)ccc1C. The molecule has 0 radical (unpaired) electrons. The van der Waals surface area contributed by atoms with Gasteiger partial charge in [-0.05, 0) is 56.0 Å². The molecule has 4 rings (SSSR count). The maximum absolute atomic E-state index is 11.8. The van der Waals surface area contributed by atoms with Crippen LogP contribution in [0.5, 0.6) is 5.75 Å². The monoisotopic (exact) mass is 473 g/mol. The lowest BCUT2D eigenvalue weighted by molar-refractivity contribution is -0.144. The molecular weight excluding hydrogens is 438 g/mol. The largest absolute Gasteiger partial charge is 0.490 e. The van der Waals surface area contributed by atoms with E-state index in [0.29, 0.717) is 13.0 Å². The van der Waals surface area contributed by atoms with Gasteiger partial charge in [0, 0.05) is 54.9 Å². The van der Waals surface area contributed by atoms with Crippen molar-refractivity contribution >= 4 is 22.4 Å². The highest BCUT2D eigenvalue weighted by atomic mass is 16.6. The van der Waals surface area contributed by atoms with Crippen LogP contribution in [0.1, 0.15) is 37.3 Å². The van der Waals surface area contributed by atoms with Gasteiger partial charge in [-0.15, -0.1) is 0 Å². The number of aromatic nitrogens is 1. The number of rotatable bonds is 11. The van der Waals surface area contributed by atoms with Gasteiger partial charge in [-0.1, -0.05) is 36.4 Å². The molecule has 184 valence electrons. The summed E-state index contributed by atoms with van der Waals surface area (Å²) in [6.45, 7) is 8.41. The number of fused-ring (bicyclic) bond motifs is 1. The van der Waals surface area contributed by atoms with Gasteiger partial charge in [0.15, 0.2) is 0 Å². The Balaban J connectivity index is 1.27. The first kappa shape index (κ1) is 24.7. The van der Waals surface area contributed by atoms with Crippen molar-refractivity contribution in [2.45, 2.75) is 39.7 Å². The van der Waals surface area contributed by atoms with Crippen LogP contribution >= 0.6 is 0 Å². The van der Waals surface area contributed by atoms with Crippen molar-refractivity contribution in [1.29, 1.82) is 0 Å². The topological polar surface area (TPSA) is 54.9 Å². The Morgan fingerprint density at radius 2 is 2.06 bits per heavy atom. The van der Waals surface area contributed by atoms with E-state index in [4.69, 9.17) is 9.47 Å². The lowest BCUT2D eigenvalue weighted by Crippen LogP contribution is -2.25. The van der Waals surface area contributed by atoms with E-state index in [9.17, 15) is 4.79 Å². The van der Waals surface area contributed by atoms with Crippen LogP contribution in [0.3, 0.4) is 0 Å². The number of allylic oxidation sites excluding steroid dienone is 2. The number of pyridine rings is 1. The van der Waals surface area contributed by atoms with Crippen molar-refractivity contribution in [2.75, 3.05) is 37.9 Å². The third-order valence-electron chi connectivity index (χ3n) is 6.31. The molecule has 35 heavy (non-hydrogen) atoms. The second kappa shape index (κ2) is 12.4. The Hall–Kier alpha value is -3.38. The molecule has 2 aromatic carbocycles. The fourth-order valence-corrected chi connectivity index (χ4v) is 4.42. The number of carbonyl (C=O) groups is 1. The van der Waals surface area contributed by atoms with Crippen LogP contribution in [0.2, 0.25) is 0 Å². The number of aryl methyl sites for hydroxylation is 1. The maximum atomic E-state index is 11.8. The van der Waals surface area contributed by atoms with E-state index < -0.39 is 0 Å². The maximum Gasteiger partial charge on any atom is 0.305 e. The summed E-state index contributed by atoms with van der Waals surface area (Å²) in [4.78, 5) is 21.0. The highest BCUT2D eigenvalue weighted by Crippen LogP contribution is 2.29. The van der Waals surface area contributed by atoms with Gasteiger partial charge in [0.2, 0.25) is 0 Å². The van der Waals surface area contributed by atoms with Gasteiger partial charge in [0.05, 0.1) is 6.67 Å². The smallest absolute Gasteiger partial charge is 0.305 e. The summed E-state index contributed by atoms with van der Waals surface area (Å²) in [5.74, 6) is 0.689. The van der Waals surface area contributed by atoms with Crippen molar-refractivity contribution in [2.24, 2.45) is 0 Å². The Morgan fingerprint density at radius 3 is 2.94 bits per heavy atom. The average Bonchev–Trinajstić information content (AvgIpc) is 3.34. The molecule has 0 spiro atoms. The number of benzene rings is 2. The van der Waals surface area contributed by atoms with Crippen molar-refractivity contribution in [1.82, 2.24) is 9.88 Å². The number of nitrogens with zero attached hydrogens (tertiary/aromatic N) is 3. The van der Waals surface area contributed by atoms with Crippen LogP contribution < -0.4 is 9.64 Å². The van der Waals surface area contributed by atoms with Gasteiger partial charge >= 0.3 is 5.97 Å². The van der Waals surface area contributed by atoms with E-state index in [1.807, 2.05) is 32.3 Å². The van der Waals surface area contributed by atoms with Crippen LogP contribution in [0.15, 0.2) is 67.0 Å². The van der Waals surface area contributed by atoms with Gasteiger partial charge in [-0.25, -0.2) is 0 Å². The number of anilines is 1. The molecule has 0 saturated carbocycles. The standard InChI is InChI=1S/C29H35N3O3/c1-3-4-5-6-10-29(33)35-18-17-34-28-19-24(12-11-23(28)2)21-31-15-16-32(22-31)27-9-7-8-25-20-30-14-13-26(25)27/h3-4,7-9,11-14,19-20H,5-6,10,15-18,21-22H2,1-2H3/b4-3-. The molecule has 6 nitrogen and oxygen atoms in total. The highest BCUT2D eigenvalue weighted by molar-refractivity contribution is 5.93. The molecule has 0 atom stereocenters. The van der Waals surface area contributed by atoms with Gasteiger partial charge in [-0.2, -0.15) is 0 Å². The second-order valence-corrected chi connectivity index (χ2v) is 8.96. The summed E-state index contributed by atoms with van der Waals surface area (Å²) >= 11 is 0. The molecule has 1 aromatic heterocycles. The van der Waals surface area contributed by atoms with Crippen LogP contribution in [0.25, 0.3) is 10.8 Å². The fraction of sp³-hybridized carbons (Fsp3) is 0.379. The molecule has 3 aromatic rings. The van der Waals surface area contributed by atoms with Crippen molar-refractivity contribution < 1.29 is 14.3 Å². The summed E-state index contributed by atoms with van der Waals surface area (Å²) in [6.07, 6.45) is 10.0. The van der Waals surface area contributed by atoms with Crippen LogP contribution in [-0.4, -0.2) is 48.8 Å². The molecule has 1 aliphatic rings. The van der Waals surface area contributed by atoms with E-state index in [0.717, 1.165) is 50.5 Å². The number of hydrogen-bond donors (Lipinski definition) is 0. The predicted octanol–water partition coefficient (Wildman–Crippen LogP) is 5.49. The van der Waals surface area contributed by atoms with E-state index in [-0.39, 0.29) is 12.6 Å². The lowest BCUT2D eigenvalue weighted by Gasteiger charge is -2.22. The molecule has 0 N–H and O–H groups in total. The first-order chi connectivity index (χ1) is 17.1. The zero-order chi connectivity index (χ0) is 24.5. The number of ether oxygens (including phenoxy) is 2. The van der Waals surface area contributed by atoms with Gasteiger partial charge in [0.1, 0.15) is 19.0 Å². The van der Waals surface area contributed by atoms with E-state index >= 15 is 0 Å². The summed E-state index contributed by atoms with van der Waals surface area (Å²) in [5.41, 5.74) is 3.56. The summed E-state index contributed by atoms with van der Waals surface area (Å²) in [7, 11) is 0. The minimum absolute atomic E-state index is 0.162. The minimum atomic E-state index is -0.162. The number of unbranched alkanes of at least 4 members (excludes halogenated alkanes) is 1. The quantitative estimate of drug-likeness (QED) is 0.208. The zero-order valence-corrected chi connectivity index (χ0v) is 20.8. The van der Waals surface area contributed by atoms with Crippen LogP contribution in [-0.2, 0) is 16.1 Å². The molecule has 6 heteroatoms. The highest BCUT2D eigenvalue weighted by Gasteiger charge is 2.22. The fourth-order valence-electron chi connectivity index (χ4n) is 4.42. The second-order valence-electron chi connectivity index (χ2n) is 8.96. The van der Waals surface area contributed by atoms with Crippen LogP contribution in [0, 0.1) is 6.92 Å². The first-order valence-electron chi connectivity index (χ1n) is 12.4. The third kappa shape index (κ3) is 6.83. The molecular formula is C29H35N3O3. The van der Waals surface area contributed by atoms with E-state index in [1.165, 1.54) is 22.0 Å². The minimum Gasteiger partial charge on any atom is -0.490 e. The molecule has 1 aliphatic heterocycles. The van der Waals surface area contributed by atoms with E-state index in [1.54, 1.807) is 0 Å². The van der Waals surface area contributed by atoms with E-state index in [2.05, 4.69) is 63.3 Å². The van der Waals surface area contributed by atoms with Crippen molar-refractivity contribution in [3.8, 4) is 5.75 Å². The molecule has 1 fully saturated rings. The summed E-state index contributed by atoms with van der Waals surface area (Å²) in [6, 6.07) is 14.9. The molecule has 0 bridgehead atoms. The lowest BCUT2D eigenvalue weighted by atomic mass is 10.1.